The Labute approximate surface area is 92.6 Å². The molecule has 0 saturated carbocycles. The molecule has 2 amide bonds. The average molecular weight is 225 g/mol. The molecule has 1 aromatic heterocycles. The van der Waals surface area contributed by atoms with E-state index in [1.54, 1.807) is 4.90 Å². The van der Waals surface area contributed by atoms with Gasteiger partial charge in [0.05, 0.1) is 6.54 Å². The summed E-state index contributed by atoms with van der Waals surface area (Å²) in [7, 11) is 0. The maximum atomic E-state index is 11.7. The van der Waals surface area contributed by atoms with Crippen LogP contribution in [0.3, 0.4) is 0 Å². The van der Waals surface area contributed by atoms with E-state index in [1.807, 2.05) is 0 Å². The number of H-pyrrole nitrogens is 1. The van der Waals surface area contributed by atoms with Crippen LogP contribution in [0, 0.1) is 5.92 Å². The normalized spacial score (nSPS) is 20.1. The predicted molar refractivity (Wildman–Crippen MR) is 56.9 cm³/mol. The lowest BCUT2D eigenvalue weighted by molar-refractivity contribution is 0.205. The summed E-state index contributed by atoms with van der Waals surface area (Å²) in [5.74, 6) is 1.00. The Morgan fingerprint density at radius 1 is 1.75 bits per heavy atom. The van der Waals surface area contributed by atoms with Crippen LogP contribution in [-0.2, 0) is 6.54 Å². The van der Waals surface area contributed by atoms with Crippen molar-refractivity contribution in [2.45, 2.75) is 19.9 Å². The minimum atomic E-state index is -0.293. The Bertz CT molecular complexity index is 423. The Morgan fingerprint density at radius 2 is 2.56 bits per heavy atom. The largest absolute Gasteiger partial charge is 0.382 e. The first-order chi connectivity index (χ1) is 7.65. The summed E-state index contributed by atoms with van der Waals surface area (Å²) in [6.07, 6.45) is 1.05. The number of likely N-dealkylation sites (tertiary alicyclic amines) is 1. The van der Waals surface area contributed by atoms with Gasteiger partial charge in [-0.2, -0.15) is 5.16 Å². The van der Waals surface area contributed by atoms with Crippen LogP contribution >= 0.6 is 0 Å². The Kier molecular flexibility index (Phi) is 2.98. The second-order valence-corrected chi connectivity index (χ2v) is 4.18. The van der Waals surface area contributed by atoms with E-state index in [1.165, 1.54) is 6.07 Å². The Hall–Kier alpha value is -1.72. The summed E-state index contributed by atoms with van der Waals surface area (Å²) in [6.45, 7) is 3.95. The number of urea groups is 1. The summed E-state index contributed by atoms with van der Waals surface area (Å²) in [5.41, 5.74) is -0.293. The first kappa shape index (κ1) is 10.8. The van der Waals surface area contributed by atoms with E-state index in [2.05, 4.69) is 17.4 Å². The van der Waals surface area contributed by atoms with Crippen molar-refractivity contribution in [1.29, 1.82) is 0 Å². The molecule has 6 nitrogen and oxygen atoms in total. The minimum absolute atomic E-state index is 0.104. The fourth-order valence-electron chi connectivity index (χ4n) is 1.80. The molecule has 1 unspecified atom stereocenters. The zero-order chi connectivity index (χ0) is 11.5. The van der Waals surface area contributed by atoms with Crippen molar-refractivity contribution in [3.63, 3.8) is 0 Å². The molecule has 1 saturated heterocycles. The number of rotatable bonds is 2. The number of nitrogens with zero attached hydrogens (tertiary/aromatic N) is 1. The molecule has 2 heterocycles. The van der Waals surface area contributed by atoms with Gasteiger partial charge in [-0.05, 0) is 12.3 Å². The molecule has 0 aromatic carbocycles. The predicted octanol–water partition coefficient (Wildman–Crippen LogP) is 0.519. The minimum Gasteiger partial charge on any atom is -0.382 e. The summed E-state index contributed by atoms with van der Waals surface area (Å²) < 4.78 is 4.83. The highest BCUT2D eigenvalue weighted by molar-refractivity contribution is 5.74. The smallest absolute Gasteiger partial charge is 0.317 e. The lowest BCUT2D eigenvalue weighted by Crippen LogP contribution is -2.37. The number of carbonyl (C=O) groups is 1. The second-order valence-electron chi connectivity index (χ2n) is 4.18. The number of nitrogens with one attached hydrogen (secondary N) is 2. The third-order valence-corrected chi connectivity index (χ3v) is 2.70. The maximum absolute atomic E-state index is 11.7. The van der Waals surface area contributed by atoms with E-state index >= 15 is 0 Å². The standard InChI is InChI=1S/C10H15N3O3/c1-7-2-3-13(6-7)10(15)11-5-8-4-9(14)12-16-8/h4,7H,2-3,5-6H2,1H3,(H,11,15)(H,12,14). The molecule has 1 aromatic rings. The molecule has 2 N–H and O–H groups in total. The molecule has 1 atom stereocenters. The molecule has 16 heavy (non-hydrogen) atoms. The molecule has 2 rings (SSSR count). The zero-order valence-electron chi connectivity index (χ0n) is 9.16. The first-order valence-electron chi connectivity index (χ1n) is 5.35. The zero-order valence-corrected chi connectivity index (χ0v) is 9.16. The Morgan fingerprint density at radius 3 is 3.12 bits per heavy atom. The van der Waals surface area contributed by atoms with Crippen LogP contribution in [0.5, 0.6) is 0 Å². The van der Waals surface area contributed by atoms with Gasteiger partial charge in [0.2, 0.25) is 0 Å². The number of aromatic nitrogens is 1. The molecule has 0 spiro atoms. The van der Waals surface area contributed by atoms with Crippen molar-refractivity contribution in [3.8, 4) is 0 Å². The van der Waals surface area contributed by atoms with Crippen molar-refractivity contribution in [2.24, 2.45) is 5.92 Å². The summed E-state index contributed by atoms with van der Waals surface area (Å²) in [4.78, 5) is 24.2. The fraction of sp³-hybridized carbons (Fsp3) is 0.600. The summed E-state index contributed by atoms with van der Waals surface area (Å²) in [6, 6.07) is 1.22. The molecule has 0 radical (unpaired) electrons. The van der Waals surface area contributed by atoms with Crippen LogP contribution in [0.15, 0.2) is 15.4 Å². The van der Waals surface area contributed by atoms with E-state index < -0.39 is 0 Å². The lowest BCUT2D eigenvalue weighted by Gasteiger charge is -2.15. The monoisotopic (exact) mass is 225 g/mol. The highest BCUT2D eigenvalue weighted by Gasteiger charge is 2.22. The van der Waals surface area contributed by atoms with Crippen LogP contribution in [-0.4, -0.2) is 29.2 Å². The van der Waals surface area contributed by atoms with E-state index in [-0.39, 0.29) is 18.1 Å². The summed E-state index contributed by atoms with van der Waals surface area (Å²) >= 11 is 0. The van der Waals surface area contributed by atoms with E-state index in [9.17, 15) is 9.59 Å². The first-order valence-corrected chi connectivity index (χ1v) is 5.35. The second kappa shape index (κ2) is 4.42. The van der Waals surface area contributed by atoms with Crippen molar-refractivity contribution >= 4 is 6.03 Å². The van der Waals surface area contributed by atoms with Crippen molar-refractivity contribution < 1.29 is 9.32 Å². The van der Waals surface area contributed by atoms with Crippen molar-refractivity contribution in [1.82, 2.24) is 15.4 Å². The van der Waals surface area contributed by atoms with E-state index in [0.29, 0.717) is 11.7 Å². The van der Waals surface area contributed by atoms with Gasteiger partial charge in [-0.3, -0.25) is 4.79 Å². The SMILES string of the molecule is CC1CCN(C(=O)NCc2cc(=O)[nH]o2)C1. The third kappa shape index (κ3) is 2.44. The van der Waals surface area contributed by atoms with Gasteiger partial charge in [-0.15, -0.1) is 0 Å². The molecule has 6 heteroatoms. The number of carbonyl (C=O) groups excluding carboxylic acids is 1. The molecule has 0 bridgehead atoms. The number of aromatic amines is 1. The molecule has 0 aliphatic carbocycles. The molecular weight excluding hydrogens is 210 g/mol. The van der Waals surface area contributed by atoms with Crippen molar-refractivity contribution in [3.05, 3.63) is 22.2 Å². The van der Waals surface area contributed by atoms with E-state index in [4.69, 9.17) is 4.52 Å². The molecule has 1 fully saturated rings. The van der Waals surface area contributed by atoms with Gasteiger partial charge in [0.15, 0.2) is 5.76 Å². The van der Waals surface area contributed by atoms with Gasteiger partial charge in [0.1, 0.15) is 0 Å². The quantitative estimate of drug-likeness (QED) is 0.770. The summed E-state index contributed by atoms with van der Waals surface area (Å²) in [5, 5.41) is 4.88. The van der Waals surface area contributed by atoms with Crippen LogP contribution in [0.25, 0.3) is 0 Å². The van der Waals surface area contributed by atoms with Crippen LogP contribution in [0.1, 0.15) is 19.1 Å². The number of hydrogen-bond acceptors (Lipinski definition) is 3. The van der Waals surface area contributed by atoms with Gasteiger partial charge in [0, 0.05) is 19.2 Å². The highest BCUT2D eigenvalue weighted by Crippen LogP contribution is 2.14. The van der Waals surface area contributed by atoms with Crippen LogP contribution in [0.2, 0.25) is 0 Å². The van der Waals surface area contributed by atoms with Gasteiger partial charge >= 0.3 is 6.03 Å². The van der Waals surface area contributed by atoms with Crippen LogP contribution < -0.4 is 10.9 Å². The van der Waals surface area contributed by atoms with Gasteiger partial charge in [-0.1, -0.05) is 6.92 Å². The molecule has 1 aliphatic heterocycles. The topological polar surface area (TPSA) is 78.3 Å². The molecule has 88 valence electrons. The highest BCUT2D eigenvalue weighted by atomic mass is 16.5. The lowest BCUT2D eigenvalue weighted by atomic mass is 10.2. The molecular formula is C10H15N3O3. The molecule has 1 aliphatic rings. The average Bonchev–Trinajstić information content (AvgIpc) is 2.84. The Balaban J connectivity index is 1.82. The van der Waals surface area contributed by atoms with Gasteiger partial charge in [-0.25, -0.2) is 4.79 Å². The number of amides is 2. The number of hydrogen-bond donors (Lipinski definition) is 2. The fourth-order valence-corrected chi connectivity index (χ4v) is 1.80. The van der Waals surface area contributed by atoms with Gasteiger partial charge in [0.25, 0.3) is 5.56 Å². The van der Waals surface area contributed by atoms with Crippen LogP contribution in [0.4, 0.5) is 4.79 Å². The maximum Gasteiger partial charge on any atom is 0.317 e. The third-order valence-electron chi connectivity index (χ3n) is 2.70. The van der Waals surface area contributed by atoms with Crippen molar-refractivity contribution in [2.75, 3.05) is 13.1 Å². The van der Waals surface area contributed by atoms with Gasteiger partial charge < -0.3 is 14.7 Å². The van der Waals surface area contributed by atoms with E-state index in [0.717, 1.165) is 19.5 Å².